The summed E-state index contributed by atoms with van der Waals surface area (Å²) < 4.78 is 0. The lowest BCUT2D eigenvalue weighted by atomic mass is 9.83. The van der Waals surface area contributed by atoms with Gasteiger partial charge in [0, 0.05) is 18.3 Å². The molecule has 156 valence electrons. The highest BCUT2D eigenvalue weighted by atomic mass is 79.9. The molecule has 0 bridgehead atoms. The summed E-state index contributed by atoms with van der Waals surface area (Å²) in [4.78, 5) is 3.21. The average Bonchev–Trinajstić information content (AvgIpc) is 2.75. The summed E-state index contributed by atoms with van der Waals surface area (Å²) in [6.07, 6.45) is 7.81. The molecule has 0 radical (unpaired) electrons. The molecule has 2 unspecified atom stereocenters. The predicted molar refractivity (Wildman–Crippen MR) is 127 cm³/mol. The second-order valence-electron chi connectivity index (χ2n) is 7.83. The zero-order valence-corrected chi connectivity index (χ0v) is 19.6. The van der Waals surface area contributed by atoms with E-state index in [0.29, 0.717) is 10.7 Å². The van der Waals surface area contributed by atoms with E-state index >= 15 is 0 Å². The molecule has 2 atom stereocenters. The van der Waals surface area contributed by atoms with Gasteiger partial charge < -0.3 is 0 Å². The number of benzene rings is 2. The van der Waals surface area contributed by atoms with Crippen LogP contribution in [0.2, 0.25) is 0 Å². The molecule has 0 spiro atoms. The molecule has 0 amide bonds. The second kappa shape index (κ2) is 13.6. The molecule has 1 fully saturated rings. The SMILES string of the molecule is CC#N.CCN(CCCc1ccc(C2CCCCC2Br)cc1)Cc1ccccc1. The summed E-state index contributed by atoms with van der Waals surface area (Å²) in [6, 6.07) is 22.0. The Morgan fingerprint density at radius 1 is 1.00 bits per heavy atom. The monoisotopic (exact) mass is 454 g/mol. The van der Waals surface area contributed by atoms with E-state index in [9.17, 15) is 0 Å². The summed E-state index contributed by atoms with van der Waals surface area (Å²) in [5, 5.41) is 7.32. The Hall–Kier alpha value is -1.63. The van der Waals surface area contributed by atoms with E-state index in [1.54, 1.807) is 6.07 Å². The van der Waals surface area contributed by atoms with Gasteiger partial charge in [-0.1, -0.05) is 90.3 Å². The third-order valence-corrected chi connectivity index (χ3v) is 6.82. The normalized spacial score (nSPS) is 18.6. The van der Waals surface area contributed by atoms with Gasteiger partial charge in [-0.25, -0.2) is 0 Å². The number of nitriles is 1. The van der Waals surface area contributed by atoms with Gasteiger partial charge in [0.1, 0.15) is 0 Å². The first-order valence-corrected chi connectivity index (χ1v) is 11.9. The molecule has 2 nitrogen and oxygen atoms in total. The highest BCUT2D eigenvalue weighted by Crippen LogP contribution is 2.37. The maximum Gasteiger partial charge on any atom is 0.0587 e. The molecule has 0 aromatic heterocycles. The molecule has 0 aliphatic heterocycles. The van der Waals surface area contributed by atoms with Crippen molar-refractivity contribution in [2.45, 2.75) is 69.7 Å². The molecule has 0 heterocycles. The minimum atomic E-state index is 0.665. The molecule has 2 aromatic rings. The first-order chi connectivity index (χ1) is 14.2. The Balaban J connectivity index is 0.000000941. The fourth-order valence-corrected chi connectivity index (χ4v) is 4.98. The van der Waals surface area contributed by atoms with Crippen molar-refractivity contribution in [1.82, 2.24) is 4.90 Å². The van der Waals surface area contributed by atoms with E-state index in [1.165, 1.54) is 68.7 Å². The molecular formula is C26H35BrN2. The van der Waals surface area contributed by atoms with E-state index in [4.69, 9.17) is 5.26 Å². The third kappa shape index (κ3) is 8.33. The van der Waals surface area contributed by atoms with Gasteiger partial charge in [0.2, 0.25) is 0 Å². The van der Waals surface area contributed by atoms with Crippen LogP contribution in [0.15, 0.2) is 54.6 Å². The van der Waals surface area contributed by atoms with Crippen molar-refractivity contribution in [2.24, 2.45) is 0 Å². The van der Waals surface area contributed by atoms with Crippen LogP contribution in [0.4, 0.5) is 0 Å². The van der Waals surface area contributed by atoms with Crippen molar-refractivity contribution in [1.29, 1.82) is 5.26 Å². The maximum atomic E-state index is 7.32. The van der Waals surface area contributed by atoms with Crippen LogP contribution in [0, 0.1) is 11.3 Å². The summed E-state index contributed by atoms with van der Waals surface area (Å²) in [7, 11) is 0. The minimum absolute atomic E-state index is 0.665. The molecule has 0 saturated heterocycles. The molecule has 1 aliphatic rings. The lowest BCUT2D eigenvalue weighted by molar-refractivity contribution is 0.276. The zero-order valence-electron chi connectivity index (χ0n) is 18.0. The smallest absolute Gasteiger partial charge is 0.0587 e. The number of rotatable bonds is 8. The summed E-state index contributed by atoms with van der Waals surface area (Å²) >= 11 is 3.90. The number of nitrogens with zero attached hydrogens (tertiary/aromatic N) is 2. The van der Waals surface area contributed by atoms with Crippen molar-refractivity contribution >= 4 is 15.9 Å². The minimum Gasteiger partial charge on any atom is -0.299 e. The Bertz CT molecular complexity index is 721. The van der Waals surface area contributed by atoms with Crippen LogP contribution in [-0.4, -0.2) is 22.8 Å². The van der Waals surface area contributed by atoms with Crippen molar-refractivity contribution in [3.8, 4) is 6.07 Å². The van der Waals surface area contributed by atoms with E-state index in [-0.39, 0.29) is 0 Å². The van der Waals surface area contributed by atoms with Crippen molar-refractivity contribution < 1.29 is 0 Å². The standard InChI is InChI=1S/C24H32BrN.C2H3N/c1-2-26(19-21-9-4-3-5-10-21)18-8-11-20-14-16-22(17-15-20)23-12-6-7-13-24(23)25;1-2-3/h3-5,9-10,14-17,23-24H,2,6-8,11-13,18-19H2,1H3;1H3. The number of hydrogen-bond acceptors (Lipinski definition) is 2. The Labute approximate surface area is 186 Å². The van der Waals surface area contributed by atoms with Gasteiger partial charge in [0.25, 0.3) is 0 Å². The molecule has 2 aromatic carbocycles. The van der Waals surface area contributed by atoms with Crippen LogP contribution < -0.4 is 0 Å². The van der Waals surface area contributed by atoms with Gasteiger partial charge in [-0.15, -0.1) is 0 Å². The fraction of sp³-hybridized carbons (Fsp3) is 0.500. The quantitative estimate of drug-likeness (QED) is 0.397. The van der Waals surface area contributed by atoms with Crippen molar-refractivity contribution in [3.05, 3.63) is 71.3 Å². The maximum absolute atomic E-state index is 7.32. The van der Waals surface area contributed by atoms with E-state index in [1.807, 2.05) is 0 Å². The Kier molecular flexibility index (Phi) is 11.1. The Morgan fingerprint density at radius 3 is 2.28 bits per heavy atom. The van der Waals surface area contributed by atoms with Crippen LogP contribution in [0.3, 0.4) is 0 Å². The van der Waals surface area contributed by atoms with E-state index < -0.39 is 0 Å². The highest BCUT2D eigenvalue weighted by Gasteiger charge is 2.23. The topological polar surface area (TPSA) is 27.0 Å². The third-order valence-electron chi connectivity index (χ3n) is 5.73. The number of halogens is 1. The lowest BCUT2D eigenvalue weighted by Crippen LogP contribution is -2.24. The Morgan fingerprint density at radius 2 is 1.66 bits per heavy atom. The van der Waals surface area contributed by atoms with Gasteiger partial charge in [-0.2, -0.15) is 5.26 Å². The van der Waals surface area contributed by atoms with Crippen LogP contribution in [0.25, 0.3) is 0 Å². The predicted octanol–water partition coefficient (Wildman–Crippen LogP) is 7.09. The van der Waals surface area contributed by atoms with E-state index in [0.717, 1.165) is 13.1 Å². The highest BCUT2D eigenvalue weighted by molar-refractivity contribution is 9.09. The van der Waals surface area contributed by atoms with Crippen molar-refractivity contribution in [2.75, 3.05) is 13.1 Å². The molecule has 29 heavy (non-hydrogen) atoms. The molecule has 1 aliphatic carbocycles. The van der Waals surface area contributed by atoms with E-state index in [2.05, 4.69) is 82.4 Å². The number of alkyl halides is 1. The average molecular weight is 455 g/mol. The molecule has 3 heteroatoms. The molecule has 0 N–H and O–H groups in total. The van der Waals surface area contributed by atoms with Crippen LogP contribution in [0.5, 0.6) is 0 Å². The van der Waals surface area contributed by atoms with Crippen LogP contribution in [-0.2, 0) is 13.0 Å². The van der Waals surface area contributed by atoms with Crippen LogP contribution in [0.1, 0.15) is 68.6 Å². The first kappa shape index (κ1) is 23.6. The molecular weight excluding hydrogens is 420 g/mol. The van der Waals surface area contributed by atoms with Gasteiger partial charge in [-0.05, 0) is 61.4 Å². The van der Waals surface area contributed by atoms with Gasteiger partial charge in [0.15, 0.2) is 0 Å². The molecule has 1 saturated carbocycles. The fourth-order valence-electron chi connectivity index (χ4n) is 4.09. The van der Waals surface area contributed by atoms with Gasteiger partial charge in [-0.3, -0.25) is 4.90 Å². The van der Waals surface area contributed by atoms with Crippen LogP contribution >= 0.6 is 15.9 Å². The number of aryl methyl sites for hydroxylation is 1. The zero-order chi connectivity index (χ0) is 20.9. The lowest BCUT2D eigenvalue weighted by Gasteiger charge is -2.27. The van der Waals surface area contributed by atoms with Gasteiger partial charge in [0.05, 0.1) is 6.07 Å². The number of hydrogen-bond donors (Lipinski definition) is 0. The second-order valence-corrected chi connectivity index (χ2v) is 9.01. The summed E-state index contributed by atoms with van der Waals surface area (Å²) in [5.41, 5.74) is 4.41. The summed E-state index contributed by atoms with van der Waals surface area (Å²) in [6.45, 7) is 7.03. The summed E-state index contributed by atoms with van der Waals surface area (Å²) in [5.74, 6) is 0.708. The molecule has 3 rings (SSSR count). The largest absolute Gasteiger partial charge is 0.299 e. The first-order valence-electron chi connectivity index (χ1n) is 11.0. The van der Waals surface area contributed by atoms with Crippen molar-refractivity contribution in [3.63, 3.8) is 0 Å². The van der Waals surface area contributed by atoms with Gasteiger partial charge >= 0.3 is 0 Å².